The number of fused-ring (bicyclic) bond motifs is 3. The van der Waals surface area contributed by atoms with Gasteiger partial charge in [0.1, 0.15) is 11.9 Å². The maximum Gasteiger partial charge on any atom is 0.252 e. The molecule has 4 heterocycles. The Morgan fingerprint density at radius 2 is 1.97 bits per heavy atom. The predicted molar refractivity (Wildman–Crippen MR) is 118 cm³/mol. The van der Waals surface area contributed by atoms with Crippen molar-refractivity contribution in [1.82, 2.24) is 14.9 Å². The molecule has 0 spiro atoms. The summed E-state index contributed by atoms with van der Waals surface area (Å²) in [6.07, 6.45) is 6.98. The van der Waals surface area contributed by atoms with Crippen LogP contribution in [0.25, 0.3) is 10.9 Å². The zero-order chi connectivity index (χ0) is 19.6. The molecule has 6 heteroatoms. The van der Waals surface area contributed by atoms with E-state index in [1.807, 2.05) is 36.3 Å². The summed E-state index contributed by atoms with van der Waals surface area (Å²) in [5.74, 6) is 2.80. The van der Waals surface area contributed by atoms with E-state index >= 15 is 0 Å². The SMILES string of the molecule is O=c1[nH]c2ccc(OC3CCN(Cc4ccncc4)CC3)cc2c2c1CSCC2. The summed E-state index contributed by atoms with van der Waals surface area (Å²) in [6.45, 7) is 3.06. The number of aryl methyl sites for hydroxylation is 1. The third kappa shape index (κ3) is 4.05. The Bertz CT molecular complexity index is 1060. The van der Waals surface area contributed by atoms with Crippen LogP contribution in [0.1, 0.15) is 29.5 Å². The molecular weight excluding hydrogens is 382 g/mol. The van der Waals surface area contributed by atoms with Crippen molar-refractivity contribution < 1.29 is 4.74 Å². The van der Waals surface area contributed by atoms with Gasteiger partial charge in [-0.2, -0.15) is 11.8 Å². The first-order valence-corrected chi connectivity index (χ1v) is 11.5. The van der Waals surface area contributed by atoms with Crippen molar-refractivity contribution in [2.24, 2.45) is 0 Å². The molecule has 0 radical (unpaired) electrons. The Morgan fingerprint density at radius 1 is 1.14 bits per heavy atom. The Morgan fingerprint density at radius 3 is 2.79 bits per heavy atom. The lowest BCUT2D eigenvalue weighted by Gasteiger charge is -2.32. The fourth-order valence-corrected chi connectivity index (χ4v) is 5.37. The smallest absolute Gasteiger partial charge is 0.252 e. The molecule has 2 aromatic heterocycles. The molecule has 1 fully saturated rings. The number of likely N-dealkylation sites (tertiary alicyclic amines) is 1. The standard InChI is InChI=1S/C23H25N3O2S/c27-23-21-15-29-12-7-19(21)20-13-18(1-2-22(20)25-23)28-17-5-10-26(11-6-17)14-16-3-8-24-9-4-16/h1-4,8-9,13,17H,5-7,10-12,14-15H2,(H,25,27). The molecule has 29 heavy (non-hydrogen) atoms. The second kappa shape index (κ2) is 8.20. The molecule has 0 unspecified atom stereocenters. The monoisotopic (exact) mass is 407 g/mol. The fraction of sp³-hybridized carbons (Fsp3) is 0.391. The first-order valence-electron chi connectivity index (χ1n) is 10.3. The van der Waals surface area contributed by atoms with Gasteiger partial charge < -0.3 is 9.72 Å². The molecular formula is C23H25N3O2S. The molecule has 0 amide bonds. The fourth-order valence-electron chi connectivity index (χ4n) is 4.36. The van der Waals surface area contributed by atoms with Gasteiger partial charge in [-0.3, -0.25) is 14.7 Å². The van der Waals surface area contributed by atoms with E-state index in [0.717, 1.165) is 72.6 Å². The maximum atomic E-state index is 12.3. The van der Waals surface area contributed by atoms with Gasteiger partial charge in [0.25, 0.3) is 5.56 Å². The number of hydrogen-bond donors (Lipinski definition) is 1. The summed E-state index contributed by atoms with van der Waals surface area (Å²) < 4.78 is 6.35. The van der Waals surface area contributed by atoms with Crippen LogP contribution in [0.2, 0.25) is 0 Å². The maximum absolute atomic E-state index is 12.3. The number of aromatic nitrogens is 2. The average Bonchev–Trinajstić information content (AvgIpc) is 2.77. The van der Waals surface area contributed by atoms with E-state index in [1.54, 1.807) is 0 Å². The Balaban J connectivity index is 1.28. The van der Waals surface area contributed by atoms with Gasteiger partial charge in [-0.05, 0) is 66.5 Å². The van der Waals surface area contributed by atoms with Crippen molar-refractivity contribution in [1.29, 1.82) is 0 Å². The van der Waals surface area contributed by atoms with Crippen LogP contribution in [0.3, 0.4) is 0 Å². The van der Waals surface area contributed by atoms with Crippen LogP contribution in [0, 0.1) is 0 Å². The second-order valence-corrected chi connectivity index (χ2v) is 8.98. The van der Waals surface area contributed by atoms with Crippen LogP contribution in [0.15, 0.2) is 47.5 Å². The Labute approximate surface area is 174 Å². The third-order valence-electron chi connectivity index (χ3n) is 5.94. The lowest BCUT2D eigenvalue weighted by molar-refractivity contribution is 0.0969. The van der Waals surface area contributed by atoms with Gasteiger partial charge in [-0.1, -0.05) is 0 Å². The highest BCUT2D eigenvalue weighted by molar-refractivity contribution is 7.98. The van der Waals surface area contributed by atoms with Crippen molar-refractivity contribution in [3.8, 4) is 5.75 Å². The van der Waals surface area contributed by atoms with Gasteiger partial charge in [0, 0.05) is 54.2 Å². The minimum absolute atomic E-state index is 0.0648. The number of nitrogens with one attached hydrogen (secondary N) is 1. The molecule has 0 bridgehead atoms. The number of hydrogen-bond acceptors (Lipinski definition) is 5. The van der Waals surface area contributed by atoms with Gasteiger partial charge in [-0.25, -0.2) is 0 Å². The van der Waals surface area contributed by atoms with Crippen LogP contribution < -0.4 is 10.3 Å². The molecule has 5 nitrogen and oxygen atoms in total. The topological polar surface area (TPSA) is 58.2 Å². The molecule has 0 saturated carbocycles. The first-order chi connectivity index (χ1) is 14.3. The average molecular weight is 408 g/mol. The van der Waals surface area contributed by atoms with E-state index in [9.17, 15) is 4.79 Å². The number of nitrogens with zero attached hydrogens (tertiary/aromatic N) is 2. The zero-order valence-corrected chi connectivity index (χ0v) is 17.2. The molecule has 1 N–H and O–H groups in total. The molecule has 2 aliphatic heterocycles. The van der Waals surface area contributed by atoms with E-state index in [4.69, 9.17) is 4.74 Å². The quantitative estimate of drug-likeness (QED) is 0.714. The summed E-state index contributed by atoms with van der Waals surface area (Å²) in [6, 6.07) is 10.3. The van der Waals surface area contributed by atoms with Crippen LogP contribution in [0.5, 0.6) is 5.75 Å². The molecule has 0 aliphatic carbocycles. The van der Waals surface area contributed by atoms with Gasteiger partial charge in [-0.15, -0.1) is 0 Å². The molecule has 1 aromatic carbocycles. The lowest BCUT2D eigenvalue weighted by Crippen LogP contribution is -2.37. The summed E-state index contributed by atoms with van der Waals surface area (Å²) in [5.41, 5.74) is 4.44. The Hall–Kier alpha value is -2.31. The Kier molecular flexibility index (Phi) is 5.29. The normalized spacial score (nSPS) is 17.9. The molecule has 2 aliphatic rings. The van der Waals surface area contributed by atoms with E-state index in [-0.39, 0.29) is 11.7 Å². The van der Waals surface area contributed by atoms with Crippen molar-refractivity contribution >= 4 is 22.7 Å². The number of thioether (sulfide) groups is 1. The molecule has 150 valence electrons. The largest absolute Gasteiger partial charge is 0.490 e. The van der Waals surface area contributed by atoms with Crippen molar-refractivity contribution in [3.63, 3.8) is 0 Å². The number of rotatable bonds is 4. The van der Waals surface area contributed by atoms with Crippen molar-refractivity contribution in [3.05, 3.63) is 69.8 Å². The summed E-state index contributed by atoms with van der Waals surface area (Å²) >= 11 is 1.83. The van der Waals surface area contributed by atoms with E-state index in [0.29, 0.717) is 0 Å². The first kappa shape index (κ1) is 18.7. The van der Waals surface area contributed by atoms with Crippen LogP contribution in [0.4, 0.5) is 0 Å². The zero-order valence-electron chi connectivity index (χ0n) is 16.4. The molecule has 3 aromatic rings. The van der Waals surface area contributed by atoms with E-state index in [2.05, 4.69) is 33.1 Å². The molecule has 1 saturated heterocycles. The predicted octanol–water partition coefficient (Wildman–Crippen LogP) is 3.76. The van der Waals surface area contributed by atoms with E-state index in [1.165, 1.54) is 11.1 Å². The number of ether oxygens (including phenoxy) is 1. The third-order valence-corrected chi connectivity index (χ3v) is 6.92. The van der Waals surface area contributed by atoms with Crippen LogP contribution >= 0.6 is 11.8 Å². The number of H-pyrrole nitrogens is 1. The summed E-state index contributed by atoms with van der Waals surface area (Å²) in [7, 11) is 0. The molecule has 5 rings (SSSR count). The van der Waals surface area contributed by atoms with Gasteiger partial charge in [0.15, 0.2) is 0 Å². The van der Waals surface area contributed by atoms with Crippen molar-refractivity contribution in [2.45, 2.75) is 37.7 Å². The van der Waals surface area contributed by atoms with Gasteiger partial charge in [0.05, 0.1) is 0 Å². The second-order valence-electron chi connectivity index (χ2n) is 7.87. The van der Waals surface area contributed by atoms with E-state index < -0.39 is 0 Å². The number of pyridine rings is 2. The highest BCUT2D eigenvalue weighted by atomic mass is 32.2. The minimum Gasteiger partial charge on any atom is -0.490 e. The van der Waals surface area contributed by atoms with Crippen LogP contribution in [-0.4, -0.2) is 39.8 Å². The van der Waals surface area contributed by atoms with Gasteiger partial charge in [0.2, 0.25) is 0 Å². The highest BCUT2D eigenvalue weighted by Crippen LogP contribution is 2.30. The molecule has 0 atom stereocenters. The minimum atomic E-state index is 0.0648. The van der Waals surface area contributed by atoms with Gasteiger partial charge >= 0.3 is 0 Å². The number of piperidine rings is 1. The number of aromatic amines is 1. The lowest BCUT2D eigenvalue weighted by atomic mass is 10.0. The highest BCUT2D eigenvalue weighted by Gasteiger charge is 2.22. The number of benzene rings is 1. The van der Waals surface area contributed by atoms with Crippen LogP contribution in [-0.2, 0) is 18.7 Å². The summed E-state index contributed by atoms with van der Waals surface area (Å²) in [4.78, 5) is 21.9. The summed E-state index contributed by atoms with van der Waals surface area (Å²) in [5, 5.41) is 1.15. The van der Waals surface area contributed by atoms with Crippen molar-refractivity contribution in [2.75, 3.05) is 18.8 Å².